The summed E-state index contributed by atoms with van der Waals surface area (Å²) in [5.41, 5.74) is 4.14. The molecule has 138 valence electrons. The SMILES string of the molecule is CC(C)Cc1ccc(-c2ccc3c(c2)OCC(C)(C)C3NC(=O)O)cc1. The van der Waals surface area contributed by atoms with Gasteiger partial charge >= 0.3 is 6.09 Å². The zero-order chi connectivity index (χ0) is 18.9. The molecule has 0 aromatic heterocycles. The van der Waals surface area contributed by atoms with E-state index in [4.69, 9.17) is 4.74 Å². The fourth-order valence-electron chi connectivity index (χ4n) is 3.55. The van der Waals surface area contributed by atoms with Crippen LogP contribution in [-0.4, -0.2) is 17.8 Å². The van der Waals surface area contributed by atoms with Gasteiger partial charge in [-0.15, -0.1) is 0 Å². The summed E-state index contributed by atoms with van der Waals surface area (Å²) in [4.78, 5) is 11.2. The summed E-state index contributed by atoms with van der Waals surface area (Å²) in [6, 6.07) is 14.4. The summed E-state index contributed by atoms with van der Waals surface area (Å²) in [5.74, 6) is 1.40. The number of rotatable bonds is 4. The summed E-state index contributed by atoms with van der Waals surface area (Å²) in [6.45, 7) is 8.94. The van der Waals surface area contributed by atoms with Gasteiger partial charge in [-0.25, -0.2) is 4.79 Å². The number of benzene rings is 2. The highest BCUT2D eigenvalue weighted by atomic mass is 16.5. The second-order valence-electron chi connectivity index (χ2n) is 8.21. The van der Waals surface area contributed by atoms with Crippen LogP contribution in [-0.2, 0) is 6.42 Å². The van der Waals surface area contributed by atoms with Crippen LogP contribution in [0.5, 0.6) is 5.75 Å². The quantitative estimate of drug-likeness (QED) is 0.786. The van der Waals surface area contributed by atoms with E-state index in [1.165, 1.54) is 5.56 Å². The van der Waals surface area contributed by atoms with Gasteiger partial charge in [0.2, 0.25) is 0 Å². The molecule has 1 heterocycles. The number of fused-ring (bicyclic) bond motifs is 1. The molecule has 0 aliphatic carbocycles. The van der Waals surface area contributed by atoms with Crippen LogP contribution in [0, 0.1) is 11.3 Å². The highest BCUT2D eigenvalue weighted by Crippen LogP contribution is 2.44. The predicted octanol–water partition coefficient (Wildman–Crippen LogP) is 5.28. The highest BCUT2D eigenvalue weighted by molar-refractivity contribution is 5.69. The Balaban J connectivity index is 1.90. The van der Waals surface area contributed by atoms with E-state index in [0.29, 0.717) is 12.5 Å². The lowest BCUT2D eigenvalue weighted by atomic mass is 9.78. The molecule has 4 heteroatoms. The van der Waals surface area contributed by atoms with Crippen molar-refractivity contribution in [3.05, 3.63) is 53.6 Å². The molecule has 1 aliphatic heterocycles. The van der Waals surface area contributed by atoms with E-state index in [-0.39, 0.29) is 11.5 Å². The lowest BCUT2D eigenvalue weighted by molar-refractivity contribution is 0.0996. The lowest BCUT2D eigenvalue weighted by Gasteiger charge is -2.39. The molecule has 1 aliphatic rings. The molecule has 2 N–H and O–H groups in total. The van der Waals surface area contributed by atoms with Crippen LogP contribution in [0.25, 0.3) is 11.1 Å². The fourth-order valence-corrected chi connectivity index (χ4v) is 3.55. The number of hydrogen-bond donors (Lipinski definition) is 2. The molecule has 3 rings (SSSR count). The van der Waals surface area contributed by atoms with E-state index in [9.17, 15) is 9.90 Å². The number of carbonyl (C=O) groups is 1. The Bertz CT molecular complexity index is 794. The zero-order valence-electron chi connectivity index (χ0n) is 15.9. The molecule has 0 spiro atoms. The van der Waals surface area contributed by atoms with Crippen LogP contribution in [0.3, 0.4) is 0 Å². The van der Waals surface area contributed by atoms with E-state index in [1.54, 1.807) is 0 Å². The van der Waals surface area contributed by atoms with Gasteiger partial charge in [0.1, 0.15) is 5.75 Å². The molecule has 0 fully saturated rings. The number of amides is 1. The van der Waals surface area contributed by atoms with Gasteiger partial charge in [0, 0.05) is 11.0 Å². The van der Waals surface area contributed by atoms with Crippen LogP contribution < -0.4 is 10.1 Å². The minimum atomic E-state index is -1.01. The molecular weight excluding hydrogens is 326 g/mol. The van der Waals surface area contributed by atoms with E-state index >= 15 is 0 Å². The molecule has 1 amide bonds. The predicted molar refractivity (Wildman–Crippen MR) is 104 cm³/mol. The first-order chi connectivity index (χ1) is 12.3. The maximum absolute atomic E-state index is 11.2. The number of hydrogen-bond acceptors (Lipinski definition) is 2. The molecule has 2 aromatic carbocycles. The topological polar surface area (TPSA) is 58.6 Å². The van der Waals surface area contributed by atoms with Gasteiger partial charge in [-0.05, 0) is 35.1 Å². The first-order valence-electron chi connectivity index (χ1n) is 9.12. The number of carboxylic acid groups (broad SMARTS) is 1. The minimum absolute atomic E-state index is 0.286. The normalized spacial score (nSPS) is 18.1. The summed E-state index contributed by atoms with van der Waals surface area (Å²) >= 11 is 0. The third-order valence-corrected chi connectivity index (χ3v) is 4.90. The molecule has 0 saturated heterocycles. The van der Waals surface area contributed by atoms with E-state index in [0.717, 1.165) is 28.9 Å². The molecule has 4 nitrogen and oxygen atoms in total. The lowest BCUT2D eigenvalue weighted by Crippen LogP contribution is -2.43. The van der Waals surface area contributed by atoms with Crippen LogP contribution in [0.4, 0.5) is 4.79 Å². The molecule has 0 bridgehead atoms. The van der Waals surface area contributed by atoms with E-state index < -0.39 is 6.09 Å². The number of ether oxygens (including phenoxy) is 1. The van der Waals surface area contributed by atoms with Crippen LogP contribution in [0.1, 0.15) is 44.9 Å². The minimum Gasteiger partial charge on any atom is -0.493 e. The second kappa shape index (κ2) is 7.02. The Hall–Kier alpha value is -2.49. The molecule has 1 atom stereocenters. The average molecular weight is 353 g/mol. The smallest absolute Gasteiger partial charge is 0.405 e. The van der Waals surface area contributed by atoms with Gasteiger partial charge in [0.05, 0.1) is 12.6 Å². The maximum atomic E-state index is 11.2. The largest absolute Gasteiger partial charge is 0.493 e. The second-order valence-corrected chi connectivity index (χ2v) is 8.21. The Labute approximate surface area is 155 Å². The van der Waals surface area contributed by atoms with Crippen molar-refractivity contribution in [1.29, 1.82) is 0 Å². The van der Waals surface area contributed by atoms with Crippen LogP contribution in [0.15, 0.2) is 42.5 Å². The Kier molecular flexibility index (Phi) is 4.94. The molecular formula is C22H27NO3. The Morgan fingerprint density at radius 1 is 1.19 bits per heavy atom. The van der Waals surface area contributed by atoms with Gasteiger partial charge in [-0.3, -0.25) is 0 Å². The van der Waals surface area contributed by atoms with Gasteiger partial charge in [-0.1, -0.05) is 64.1 Å². The Morgan fingerprint density at radius 3 is 2.46 bits per heavy atom. The molecule has 0 radical (unpaired) electrons. The molecule has 26 heavy (non-hydrogen) atoms. The number of nitrogens with one attached hydrogen (secondary N) is 1. The summed E-state index contributed by atoms with van der Waals surface area (Å²) in [6.07, 6.45) is 0.0614. The van der Waals surface area contributed by atoms with Crippen molar-refractivity contribution in [2.24, 2.45) is 11.3 Å². The summed E-state index contributed by atoms with van der Waals surface area (Å²) < 4.78 is 5.96. The van der Waals surface area contributed by atoms with Crippen LogP contribution >= 0.6 is 0 Å². The van der Waals surface area contributed by atoms with Crippen molar-refractivity contribution in [1.82, 2.24) is 5.32 Å². The van der Waals surface area contributed by atoms with Gasteiger partial charge in [-0.2, -0.15) is 0 Å². The van der Waals surface area contributed by atoms with Gasteiger partial charge < -0.3 is 15.2 Å². The molecule has 2 aromatic rings. The third kappa shape index (κ3) is 3.85. The maximum Gasteiger partial charge on any atom is 0.405 e. The molecule has 0 saturated carbocycles. The first kappa shape index (κ1) is 18.3. The first-order valence-corrected chi connectivity index (χ1v) is 9.12. The van der Waals surface area contributed by atoms with E-state index in [1.807, 2.05) is 32.0 Å². The van der Waals surface area contributed by atoms with Crippen molar-refractivity contribution in [2.45, 2.75) is 40.2 Å². The zero-order valence-corrected chi connectivity index (χ0v) is 15.9. The van der Waals surface area contributed by atoms with Crippen molar-refractivity contribution in [3.8, 4) is 16.9 Å². The Morgan fingerprint density at radius 2 is 1.85 bits per heavy atom. The van der Waals surface area contributed by atoms with Crippen LogP contribution in [0.2, 0.25) is 0 Å². The summed E-state index contributed by atoms with van der Waals surface area (Å²) in [7, 11) is 0. The van der Waals surface area contributed by atoms with Gasteiger partial charge in [0.15, 0.2) is 0 Å². The van der Waals surface area contributed by atoms with Gasteiger partial charge in [0.25, 0.3) is 0 Å². The summed E-state index contributed by atoms with van der Waals surface area (Å²) in [5, 5.41) is 11.8. The molecule has 1 unspecified atom stereocenters. The van der Waals surface area contributed by atoms with Crippen molar-refractivity contribution >= 4 is 6.09 Å². The highest BCUT2D eigenvalue weighted by Gasteiger charge is 2.38. The van der Waals surface area contributed by atoms with Crippen molar-refractivity contribution in [3.63, 3.8) is 0 Å². The van der Waals surface area contributed by atoms with Crippen molar-refractivity contribution in [2.75, 3.05) is 6.61 Å². The average Bonchev–Trinajstić information content (AvgIpc) is 2.57. The fraction of sp³-hybridized carbons (Fsp3) is 0.409. The standard InChI is InChI=1S/C22H27NO3/c1-14(2)11-15-5-7-16(8-6-15)17-9-10-18-19(12-17)26-13-22(3,4)20(18)23-21(24)25/h5-10,12,14,20,23H,11,13H2,1-4H3,(H,24,25). The monoisotopic (exact) mass is 353 g/mol. The third-order valence-electron chi connectivity index (χ3n) is 4.90. The van der Waals surface area contributed by atoms with E-state index in [2.05, 4.69) is 43.4 Å². The van der Waals surface area contributed by atoms with Crippen molar-refractivity contribution < 1.29 is 14.6 Å².